The number of hydrogen-bond acceptors (Lipinski definition) is 6. The molecule has 0 unspecified atom stereocenters. The monoisotopic (exact) mass is 345 g/mol. The predicted octanol–water partition coefficient (Wildman–Crippen LogP) is 1.17. The minimum atomic E-state index is -0.0354. The van der Waals surface area contributed by atoms with Crippen molar-refractivity contribution >= 4 is 11.7 Å². The molecular weight excluding hydrogens is 318 g/mol. The molecule has 2 aliphatic heterocycles. The maximum atomic E-state index is 12.4. The Morgan fingerprint density at radius 3 is 2.84 bits per heavy atom. The lowest BCUT2D eigenvalue weighted by Crippen LogP contribution is -2.61. The van der Waals surface area contributed by atoms with Crippen molar-refractivity contribution in [2.45, 2.75) is 24.8 Å². The highest BCUT2D eigenvalue weighted by Crippen LogP contribution is 2.35. The summed E-state index contributed by atoms with van der Waals surface area (Å²) in [5.74, 6) is 1.57. The van der Waals surface area contributed by atoms with E-state index in [4.69, 9.17) is 4.74 Å². The fraction of sp³-hybridized carbons (Fsp3) is 0.611. The van der Waals surface area contributed by atoms with Gasteiger partial charge in [-0.15, -0.1) is 6.58 Å². The van der Waals surface area contributed by atoms with Crippen LogP contribution in [0.4, 0.5) is 5.82 Å². The molecule has 1 atom stereocenters. The van der Waals surface area contributed by atoms with Crippen molar-refractivity contribution in [3.8, 4) is 5.88 Å². The molecule has 136 valence electrons. The molecule has 1 amide bonds. The zero-order valence-electron chi connectivity index (χ0n) is 15.1. The van der Waals surface area contributed by atoms with Crippen LogP contribution in [-0.4, -0.2) is 78.1 Å². The van der Waals surface area contributed by atoms with Crippen LogP contribution in [0.25, 0.3) is 0 Å². The molecule has 0 radical (unpaired) electrons. The van der Waals surface area contributed by atoms with Crippen molar-refractivity contribution in [3.63, 3.8) is 0 Å². The van der Waals surface area contributed by atoms with Gasteiger partial charge in [-0.3, -0.25) is 9.69 Å². The SMILES string of the molecule is C=CCN1CC[C@]2(CCC1=O)CN(c1nccnc1OC)CCN2C. The van der Waals surface area contributed by atoms with Gasteiger partial charge in [0.05, 0.1) is 7.11 Å². The highest BCUT2D eigenvalue weighted by atomic mass is 16.5. The minimum absolute atomic E-state index is 0.0354. The summed E-state index contributed by atoms with van der Waals surface area (Å²) >= 11 is 0. The quantitative estimate of drug-likeness (QED) is 0.764. The van der Waals surface area contributed by atoms with Crippen LogP contribution < -0.4 is 9.64 Å². The second-order valence-corrected chi connectivity index (χ2v) is 6.84. The van der Waals surface area contributed by atoms with Crippen LogP contribution >= 0.6 is 0 Å². The van der Waals surface area contributed by atoms with Crippen LogP contribution in [0.15, 0.2) is 25.0 Å². The smallest absolute Gasteiger partial charge is 0.257 e. The first kappa shape index (κ1) is 17.7. The Labute approximate surface area is 149 Å². The molecular formula is C18H27N5O2. The van der Waals surface area contributed by atoms with Crippen LogP contribution in [0.3, 0.4) is 0 Å². The molecule has 0 saturated carbocycles. The van der Waals surface area contributed by atoms with E-state index < -0.39 is 0 Å². The van der Waals surface area contributed by atoms with Crippen LogP contribution in [0.2, 0.25) is 0 Å². The molecule has 3 rings (SSSR count). The highest BCUT2D eigenvalue weighted by molar-refractivity contribution is 5.76. The van der Waals surface area contributed by atoms with Gasteiger partial charge in [0.15, 0.2) is 5.82 Å². The molecule has 25 heavy (non-hydrogen) atoms. The summed E-state index contributed by atoms with van der Waals surface area (Å²) in [6, 6.07) is 0. The number of hydrogen-bond donors (Lipinski definition) is 0. The predicted molar refractivity (Wildman–Crippen MR) is 96.8 cm³/mol. The third-order valence-corrected chi connectivity index (χ3v) is 5.49. The Morgan fingerprint density at radius 1 is 1.28 bits per heavy atom. The van der Waals surface area contributed by atoms with Crippen molar-refractivity contribution in [1.82, 2.24) is 19.8 Å². The molecule has 0 bridgehead atoms. The number of ether oxygens (including phenoxy) is 1. The van der Waals surface area contributed by atoms with Crippen LogP contribution in [-0.2, 0) is 4.79 Å². The van der Waals surface area contributed by atoms with Crippen molar-refractivity contribution in [1.29, 1.82) is 0 Å². The fourth-order valence-electron chi connectivity index (χ4n) is 3.90. The zero-order valence-corrected chi connectivity index (χ0v) is 15.1. The second-order valence-electron chi connectivity index (χ2n) is 6.84. The second kappa shape index (κ2) is 7.39. The van der Waals surface area contributed by atoms with E-state index in [1.54, 1.807) is 25.6 Å². The number of aromatic nitrogens is 2. The Bertz CT molecular complexity index is 638. The molecule has 7 heteroatoms. The molecule has 1 spiro atoms. The van der Waals surface area contributed by atoms with Crippen LogP contribution in [0.5, 0.6) is 5.88 Å². The number of piperazine rings is 1. The van der Waals surface area contributed by atoms with E-state index in [0.717, 1.165) is 44.8 Å². The van der Waals surface area contributed by atoms with Gasteiger partial charge in [-0.2, -0.15) is 0 Å². The molecule has 2 saturated heterocycles. The standard InChI is InChI=1S/C18H27N5O2/c1-4-10-22-11-7-18(6-5-15(22)24)14-23(13-12-21(18)2)16-17(25-3)20-9-8-19-16/h4,8-9H,1,5-7,10-14H2,2-3H3/t18-/m1/s1. The zero-order chi connectivity index (χ0) is 17.9. The number of rotatable bonds is 4. The normalized spacial score (nSPS) is 25.1. The van der Waals surface area contributed by atoms with Gasteiger partial charge in [0.1, 0.15) is 0 Å². The Hall–Kier alpha value is -2.15. The number of carbonyl (C=O) groups is 1. The molecule has 0 N–H and O–H groups in total. The average molecular weight is 345 g/mol. The molecule has 3 heterocycles. The highest BCUT2D eigenvalue weighted by Gasteiger charge is 2.43. The first-order chi connectivity index (χ1) is 12.1. The van der Waals surface area contributed by atoms with Gasteiger partial charge < -0.3 is 14.5 Å². The number of likely N-dealkylation sites (tertiary alicyclic amines) is 1. The summed E-state index contributed by atoms with van der Waals surface area (Å²) < 4.78 is 5.39. The lowest BCUT2D eigenvalue weighted by Gasteiger charge is -2.49. The van der Waals surface area contributed by atoms with Crippen LogP contribution in [0, 0.1) is 0 Å². The van der Waals surface area contributed by atoms with Gasteiger partial charge in [0.2, 0.25) is 5.91 Å². The molecule has 1 aromatic heterocycles. The Balaban J connectivity index is 1.83. The summed E-state index contributed by atoms with van der Waals surface area (Å²) in [7, 11) is 3.79. The van der Waals surface area contributed by atoms with Crippen molar-refractivity contribution in [2.24, 2.45) is 0 Å². The molecule has 0 aliphatic carbocycles. The number of amides is 1. The topological polar surface area (TPSA) is 61.8 Å². The fourth-order valence-corrected chi connectivity index (χ4v) is 3.90. The van der Waals surface area contributed by atoms with Gasteiger partial charge in [-0.25, -0.2) is 9.97 Å². The lowest BCUT2D eigenvalue weighted by atomic mass is 9.86. The van der Waals surface area contributed by atoms with Gasteiger partial charge in [0.25, 0.3) is 5.88 Å². The van der Waals surface area contributed by atoms with Crippen LogP contribution in [0.1, 0.15) is 19.3 Å². The lowest BCUT2D eigenvalue weighted by molar-refractivity contribution is -0.130. The molecule has 2 fully saturated rings. The van der Waals surface area contributed by atoms with Crippen molar-refractivity contribution < 1.29 is 9.53 Å². The van der Waals surface area contributed by atoms with Gasteiger partial charge in [-0.05, 0) is 19.9 Å². The summed E-state index contributed by atoms with van der Waals surface area (Å²) in [6.07, 6.45) is 7.52. The van der Waals surface area contributed by atoms with E-state index in [9.17, 15) is 4.79 Å². The Kier molecular flexibility index (Phi) is 5.22. The van der Waals surface area contributed by atoms with E-state index in [1.165, 1.54) is 0 Å². The largest absolute Gasteiger partial charge is 0.478 e. The summed E-state index contributed by atoms with van der Waals surface area (Å²) in [5, 5.41) is 0. The molecule has 1 aromatic rings. The maximum Gasteiger partial charge on any atom is 0.257 e. The number of anilines is 1. The third-order valence-electron chi connectivity index (χ3n) is 5.49. The number of methoxy groups -OCH3 is 1. The van der Waals surface area contributed by atoms with E-state index in [2.05, 4.69) is 33.4 Å². The molecule has 0 aromatic carbocycles. The van der Waals surface area contributed by atoms with Gasteiger partial charge in [-0.1, -0.05) is 6.08 Å². The van der Waals surface area contributed by atoms with E-state index in [-0.39, 0.29) is 11.4 Å². The number of nitrogens with zero attached hydrogens (tertiary/aromatic N) is 5. The van der Waals surface area contributed by atoms with Crippen molar-refractivity contribution in [3.05, 3.63) is 25.0 Å². The van der Waals surface area contributed by atoms with Gasteiger partial charge in [0, 0.05) is 57.1 Å². The summed E-state index contributed by atoms with van der Waals surface area (Å²) in [6.45, 7) is 7.78. The number of carbonyl (C=O) groups excluding carboxylic acids is 1. The maximum absolute atomic E-state index is 12.4. The first-order valence-corrected chi connectivity index (χ1v) is 8.79. The van der Waals surface area contributed by atoms with E-state index >= 15 is 0 Å². The van der Waals surface area contributed by atoms with Crippen molar-refractivity contribution in [2.75, 3.05) is 51.8 Å². The third kappa shape index (κ3) is 3.46. The minimum Gasteiger partial charge on any atom is -0.478 e. The molecule has 2 aliphatic rings. The average Bonchev–Trinajstić information content (AvgIpc) is 2.79. The summed E-state index contributed by atoms with van der Waals surface area (Å²) in [4.78, 5) is 27.7. The summed E-state index contributed by atoms with van der Waals surface area (Å²) in [5.41, 5.74) is -0.0354. The van der Waals surface area contributed by atoms with E-state index in [1.807, 2.05) is 4.90 Å². The van der Waals surface area contributed by atoms with Gasteiger partial charge >= 0.3 is 0 Å². The van der Waals surface area contributed by atoms with E-state index in [0.29, 0.717) is 18.8 Å². The molecule has 7 nitrogen and oxygen atoms in total. The number of likely N-dealkylation sites (N-methyl/N-ethyl adjacent to an activating group) is 1. The Morgan fingerprint density at radius 2 is 2.08 bits per heavy atom. The first-order valence-electron chi connectivity index (χ1n) is 8.79.